The van der Waals surface area contributed by atoms with Crippen molar-refractivity contribution in [3.8, 4) is 5.75 Å². The first-order valence-electron chi connectivity index (χ1n) is 5.92. The fourth-order valence-corrected chi connectivity index (χ4v) is 2.06. The number of ether oxygens (including phenoxy) is 1. The quantitative estimate of drug-likeness (QED) is 0.852. The fourth-order valence-electron chi connectivity index (χ4n) is 2.06. The lowest BCUT2D eigenvalue weighted by Crippen LogP contribution is -2.36. The van der Waals surface area contributed by atoms with Gasteiger partial charge in [0.25, 0.3) is 5.91 Å². The molecule has 0 fully saturated rings. The molecule has 4 heteroatoms. The topological polar surface area (TPSA) is 55.6 Å². The van der Waals surface area contributed by atoms with Crippen LogP contribution >= 0.6 is 0 Å². The smallest absolute Gasteiger partial charge is 0.264 e. The van der Waals surface area contributed by atoms with Crippen LogP contribution in [0.3, 0.4) is 0 Å². The zero-order chi connectivity index (χ0) is 12.4. The lowest BCUT2D eigenvalue weighted by atomic mass is 10.0. The Labute approximate surface area is 101 Å². The number of benzene rings is 1. The van der Waals surface area contributed by atoms with Gasteiger partial charge < -0.3 is 15.4 Å². The summed E-state index contributed by atoms with van der Waals surface area (Å²) in [6.07, 6.45) is 1.71. The summed E-state index contributed by atoms with van der Waals surface area (Å²) < 4.78 is 5.54. The molecule has 1 aliphatic heterocycles. The molecule has 1 aromatic carbocycles. The molecule has 0 atom stereocenters. The second-order valence-corrected chi connectivity index (χ2v) is 4.24. The summed E-state index contributed by atoms with van der Waals surface area (Å²) in [5, 5.41) is 0. The van der Waals surface area contributed by atoms with E-state index < -0.39 is 0 Å². The van der Waals surface area contributed by atoms with E-state index in [-0.39, 0.29) is 12.5 Å². The van der Waals surface area contributed by atoms with Crippen LogP contribution in [-0.2, 0) is 17.6 Å². The molecule has 1 amide bonds. The zero-order valence-electron chi connectivity index (χ0n) is 10.3. The summed E-state index contributed by atoms with van der Waals surface area (Å²) in [6, 6.07) is 4.14. The third-order valence-electron chi connectivity index (χ3n) is 3.10. The number of rotatable bonds is 3. The molecule has 0 unspecified atom stereocenters. The molecule has 0 bridgehead atoms. The highest BCUT2D eigenvalue weighted by Gasteiger charge is 2.24. The monoisotopic (exact) mass is 234 g/mol. The highest BCUT2D eigenvalue weighted by atomic mass is 16.5. The van der Waals surface area contributed by atoms with Crippen molar-refractivity contribution in [2.24, 2.45) is 5.73 Å². The average molecular weight is 234 g/mol. The van der Waals surface area contributed by atoms with Crippen molar-refractivity contribution in [1.82, 2.24) is 0 Å². The zero-order valence-corrected chi connectivity index (χ0v) is 10.3. The number of carbonyl (C=O) groups is 1. The van der Waals surface area contributed by atoms with E-state index >= 15 is 0 Å². The predicted molar refractivity (Wildman–Crippen MR) is 67.5 cm³/mol. The van der Waals surface area contributed by atoms with Gasteiger partial charge in [0.05, 0.1) is 5.69 Å². The second-order valence-electron chi connectivity index (χ2n) is 4.24. The van der Waals surface area contributed by atoms with Gasteiger partial charge in [-0.1, -0.05) is 13.0 Å². The van der Waals surface area contributed by atoms with Gasteiger partial charge in [-0.2, -0.15) is 0 Å². The van der Waals surface area contributed by atoms with Gasteiger partial charge in [0, 0.05) is 7.05 Å². The van der Waals surface area contributed by atoms with Crippen LogP contribution in [0.2, 0.25) is 0 Å². The Morgan fingerprint density at radius 2 is 2.24 bits per heavy atom. The molecule has 4 nitrogen and oxygen atoms in total. The highest BCUT2D eigenvalue weighted by molar-refractivity contribution is 5.97. The average Bonchev–Trinajstić information content (AvgIpc) is 2.34. The molecule has 0 spiro atoms. The maximum atomic E-state index is 11.6. The maximum Gasteiger partial charge on any atom is 0.264 e. The van der Waals surface area contributed by atoms with Crippen LogP contribution in [0.5, 0.6) is 5.75 Å². The van der Waals surface area contributed by atoms with Crippen molar-refractivity contribution in [2.45, 2.75) is 19.8 Å². The van der Waals surface area contributed by atoms with Crippen LogP contribution in [0.4, 0.5) is 5.69 Å². The van der Waals surface area contributed by atoms with E-state index in [1.54, 1.807) is 11.9 Å². The van der Waals surface area contributed by atoms with Crippen LogP contribution in [-0.4, -0.2) is 26.1 Å². The Kier molecular flexibility index (Phi) is 3.33. The minimum absolute atomic E-state index is 0.00977. The normalized spacial score (nSPS) is 14.5. The second kappa shape index (κ2) is 4.75. The van der Waals surface area contributed by atoms with Gasteiger partial charge in [0.1, 0.15) is 5.75 Å². The van der Waals surface area contributed by atoms with E-state index in [0.717, 1.165) is 29.8 Å². The molecule has 1 aliphatic rings. The van der Waals surface area contributed by atoms with E-state index in [9.17, 15) is 4.79 Å². The van der Waals surface area contributed by atoms with Gasteiger partial charge in [0.15, 0.2) is 6.61 Å². The molecule has 92 valence electrons. The summed E-state index contributed by atoms with van der Waals surface area (Å²) in [7, 11) is 1.79. The Balaban J connectivity index is 2.51. The number of fused-ring (bicyclic) bond motifs is 1. The van der Waals surface area contributed by atoms with Crippen LogP contribution in [0.15, 0.2) is 12.1 Å². The molecule has 1 aromatic rings. The first-order chi connectivity index (χ1) is 8.17. The number of carbonyl (C=O) groups excluding carboxylic acids is 1. The minimum atomic E-state index is -0.00977. The number of likely N-dealkylation sites (N-methyl/N-ethyl adjacent to an activating group) is 1. The summed E-state index contributed by atoms with van der Waals surface area (Å²) in [5.41, 5.74) is 8.78. The van der Waals surface area contributed by atoms with E-state index in [4.69, 9.17) is 10.5 Å². The fraction of sp³-hybridized carbons (Fsp3) is 0.462. The van der Waals surface area contributed by atoms with Gasteiger partial charge in [-0.15, -0.1) is 0 Å². The number of hydrogen-bond acceptors (Lipinski definition) is 3. The third-order valence-corrected chi connectivity index (χ3v) is 3.10. The van der Waals surface area contributed by atoms with Crippen LogP contribution in [0.25, 0.3) is 0 Å². The lowest BCUT2D eigenvalue weighted by Gasteiger charge is -2.28. The van der Waals surface area contributed by atoms with Crippen LogP contribution < -0.4 is 15.4 Å². The van der Waals surface area contributed by atoms with Gasteiger partial charge in [-0.25, -0.2) is 0 Å². The molecule has 0 aliphatic carbocycles. The Hall–Kier alpha value is -1.55. The first kappa shape index (κ1) is 11.9. The SMILES string of the molecule is CCc1cc(CCN)c2c(c1)N(C)C(=O)CO2. The number of hydrogen-bond donors (Lipinski definition) is 1. The largest absolute Gasteiger partial charge is 0.481 e. The number of nitrogens with zero attached hydrogens (tertiary/aromatic N) is 1. The molecule has 2 N–H and O–H groups in total. The molecule has 0 radical (unpaired) electrons. The maximum absolute atomic E-state index is 11.6. The molecule has 0 saturated carbocycles. The molecular formula is C13H18N2O2. The van der Waals surface area contributed by atoms with E-state index in [0.29, 0.717) is 6.54 Å². The Bertz CT molecular complexity index is 443. The van der Waals surface area contributed by atoms with Crippen molar-refractivity contribution in [3.63, 3.8) is 0 Å². The first-order valence-corrected chi connectivity index (χ1v) is 5.92. The number of amides is 1. The summed E-state index contributed by atoms with van der Waals surface area (Å²) >= 11 is 0. The van der Waals surface area contributed by atoms with Crippen LogP contribution in [0, 0.1) is 0 Å². The van der Waals surface area contributed by atoms with Crippen molar-refractivity contribution in [1.29, 1.82) is 0 Å². The molecule has 0 saturated heterocycles. The molecule has 0 aromatic heterocycles. The van der Waals surface area contributed by atoms with E-state index in [2.05, 4.69) is 13.0 Å². The molecule has 1 heterocycles. The van der Waals surface area contributed by atoms with Crippen molar-refractivity contribution in [2.75, 3.05) is 25.1 Å². The van der Waals surface area contributed by atoms with Gasteiger partial charge in [-0.3, -0.25) is 4.79 Å². The Morgan fingerprint density at radius 1 is 1.47 bits per heavy atom. The number of nitrogens with two attached hydrogens (primary N) is 1. The van der Waals surface area contributed by atoms with Gasteiger partial charge >= 0.3 is 0 Å². The van der Waals surface area contributed by atoms with Crippen LogP contribution in [0.1, 0.15) is 18.1 Å². The standard InChI is InChI=1S/C13H18N2O2/c1-3-9-6-10(4-5-14)13-11(7-9)15(2)12(16)8-17-13/h6-7H,3-5,8,14H2,1-2H3. The number of anilines is 1. The predicted octanol–water partition coefficient (Wildman–Crippen LogP) is 1.11. The lowest BCUT2D eigenvalue weighted by molar-refractivity contribution is -0.121. The molecule has 17 heavy (non-hydrogen) atoms. The van der Waals surface area contributed by atoms with Crippen molar-refractivity contribution < 1.29 is 9.53 Å². The summed E-state index contributed by atoms with van der Waals surface area (Å²) in [6.45, 7) is 2.80. The highest BCUT2D eigenvalue weighted by Crippen LogP contribution is 2.36. The molecule has 2 rings (SSSR count). The van der Waals surface area contributed by atoms with Crippen molar-refractivity contribution in [3.05, 3.63) is 23.3 Å². The summed E-state index contributed by atoms with van der Waals surface area (Å²) in [5.74, 6) is 0.805. The van der Waals surface area contributed by atoms with Gasteiger partial charge in [-0.05, 0) is 36.6 Å². The summed E-state index contributed by atoms with van der Waals surface area (Å²) in [4.78, 5) is 13.3. The van der Waals surface area contributed by atoms with E-state index in [1.807, 2.05) is 6.07 Å². The van der Waals surface area contributed by atoms with Crippen molar-refractivity contribution >= 4 is 11.6 Å². The number of aryl methyl sites for hydroxylation is 1. The Morgan fingerprint density at radius 3 is 2.88 bits per heavy atom. The minimum Gasteiger partial charge on any atom is -0.481 e. The van der Waals surface area contributed by atoms with Gasteiger partial charge in [0.2, 0.25) is 0 Å². The molecular weight excluding hydrogens is 216 g/mol. The third kappa shape index (κ3) is 2.13. The van der Waals surface area contributed by atoms with E-state index in [1.165, 1.54) is 5.56 Å².